The lowest BCUT2D eigenvalue weighted by atomic mass is 10.4. The van der Waals surface area contributed by atoms with Crippen LogP contribution in [-0.4, -0.2) is 128 Å². The average Bonchev–Trinajstić information content (AvgIpc) is 2.84. The molecule has 0 radical (unpaired) electrons. The van der Waals surface area contributed by atoms with Crippen LogP contribution in [0.5, 0.6) is 0 Å². The van der Waals surface area contributed by atoms with E-state index < -0.39 is 12.1 Å². The van der Waals surface area contributed by atoms with Gasteiger partial charge in [0, 0.05) is 5.57 Å². The Bertz CT molecular complexity index is 516. The Hall–Kier alpha value is -1.15. The van der Waals surface area contributed by atoms with Gasteiger partial charge >= 0.3 is 5.97 Å². The molecule has 0 rings (SSSR count). The SMILES string of the molecule is C=C(C)C(=O)OCCOCCOCCOCCOCCOCCOCC(C)OCC(C)OCC(C)O. The average molecular weight is 525 g/mol. The predicted octanol–water partition coefficient (Wildman–Crippen LogP) is 1.40. The van der Waals surface area contributed by atoms with E-state index in [2.05, 4.69) is 6.58 Å². The molecule has 0 aliphatic rings. The molecule has 0 aromatic heterocycles. The Morgan fingerprint density at radius 1 is 0.611 bits per heavy atom. The van der Waals surface area contributed by atoms with Crippen molar-refractivity contribution in [2.75, 3.05) is 99.1 Å². The fourth-order valence-corrected chi connectivity index (χ4v) is 2.36. The minimum Gasteiger partial charge on any atom is -0.460 e. The monoisotopic (exact) mass is 524 g/mol. The molecule has 0 spiro atoms. The number of aliphatic hydroxyl groups is 1. The number of esters is 1. The second kappa shape index (κ2) is 25.5. The fraction of sp³-hybridized carbons (Fsp3) is 0.880. The molecule has 0 saturated carbocycles. The number of rotatable bonds is 27. The van der Waals surface area contributed by atoms with Crippen LogP contribution in [0.25, 0.3) is 0 Å². The van der Waals surface area contributed by atoms with Crippen molar-refractivity contribution < 1.29 is 52.5 Å². The van der Waals surface area contributed by atoms with Crippen molar-refractivity contribution in [1.29, 1.82) is 0 Å². The zero-order chi connectivity index (χ0) is 26.9. The quantitative estimate of drug-likeness (QED) is 0.0953. The normalized spacial score (nSPS) is 13.9. The Kier molecular flexibility index (Phi) is 24.7. The molecule has 3 atom stereocenters. The number of ether oxygens (including phenoxy) is 9. The molecule has 11 heteroatoms. The van der Waals surface area contributed by atoms with Gasteiger partial charge in [0.15, 0.2) is 0 Å². The highest BCUT2D eigenvalue weighted by Gasteiger charge is 2.08. The first kappa shape index (κ1) is 34.9. The molecule has 214 valence electrons. The van der Waals surface area contributed by atoms with E-state index in [1.807, 2.05) is 13.8 Å². The second-order valence-corrected chi connectivity index (χ2v) is 8.19. The summed E-state index contributed by atoms with van der Waals surface area (Å²) in [5.74, 6) is -0.413. The summed E-state index contributed by atoms with van der Waals surface area (Å²) in [5.41, 5.74) is 0.370. The molecule has 0 saturated heterocycles. The van der Waals surface area contributed by atoms with Gasteiger partial charge in [-0.2, -0.15) is 0 Å². The van der Waals surface area contributed by atoms with Gasteiger partial charge in [0.2, 0.25) is 0 Å². The largest absolute Gasteiger partial charge is 0.460 e. The topological polar surface area (TPSA) is 120 Å². The highest BCUT2D eigenvalue weighted by Crippen LogP contribution is 1.99. The number of hydrogen-bond acceptors (Lipinski definition) is 11. The van der Waals surface area contributed by atoms with E-state index in [-0.39, 0.29) is 18.8 Å². The first-order chi connectivity index (χ1) is 17.3. The van der Waals surface area contributed by atoms with Crippen LogP contribution in [0.2, 0.25) is 0 Å². The van der Waals surface area contributed by atoms with Gasteiger partial charge < -0.3 is 47.7 Å². The molecule has 0 aliphatic carbocycles. The van der Waals surface area contributed by atoms with Gasteiger partial charge in [-0.25, -0.2) is 4.79 Å². The Labute approximate surface area is 216 Å². The first-order valence-electron chi connectivity index (χ1n) is 12.5. The van der Waals surface area contributed by atoms with Crippen LogP contribution in [-0.2, 0) is 47.4 Å². The van der Waals surface area contributed by atoms with E-state index in [1.165, 1.54) is 0 Å². The number of carbonyl (C=O) groups excluding carboxylic acids is 1. The van der Waals surface area contributed by atoms with Crippen LogP contribution in [0.3, 0.4) is 0 Å². The van der Waals surface area contributed by atoms with E-state index in [0.29, 0.717) is 98.1 Å². The zero-order valence-electron chi connectivity index (χ0n) is 22.6. The van der Waals surface area contributed by atoms with Gasteiger partial charge in [0.05, 0.1) is 111 Å². The molecular weight excluding hydrogens is 476 g/mol. The third-order valence-corrected chi connectivity index (χ3v) is 4.26. The maximum absolute atomic E-state index is 11.2. The Morgan fingerprint density at radius 2 is 0.972 bits per heavy atom. The lowest BCUT2D eigenvalue weighted by Gasteiger charge is -2.18. The van der Waals surface area contributed by atoms with Crippen molar-refractivity contribution in [2.45, 2.75) is 46.0 Å². The summed E-state index contributed by atoms with van der Waals surface area (Å²) in [7, 11) is 0. The van der Waals surface area contributed by atoms with Crippen molar-refractivity contribution in [1.82, 2.24) is 0 Å². The molecule has 0 aliphatic heterocycles. The molecule has 0 amide bonds. The first-order valence-corrected chi connectivity index (χ1v) is 12.5. The van der Waals surface area contributed by atoms with Crippen molar-refractivity contribution in [3.63, 3.8) is 0 Å². The second-order valence-electron chi connectivity index (χ2n) is 8.19. The van der Waals surface area contributed by atoms with E-state index >= 15 is 0 Å². The van der Waals surface area contributed by atoms with Gasteiger partial charge in [0.1, 0.15) is 6.61 Å². The van der Waals surface area contributed by atoms with Crippen LogP contribution >= 0.6 is 0 Å². The van der Waals surface area contributed by atoms with Gasteiger partial charge in [-0.15, -0.1) is 0 Å². The third-order valence-electron chi connectivity index (χ3n) is 4.26. The summed E-state index contributed by atoms with van der Waals surface area (Å²) in [4.78, 5) is 11.2. The van der Waals surface area contributed by atoms with Gasteiger partial charge in [-0.05, 0) is 27.7 Å². The van der Waals surface area contributed by atoms with Crippen LogP contribution < -0.4 is 0 Å². The molecular formula is C25H48O11. The molecule has 11 nitrogen and oxygen atoms in total. The molecule has 0 heterocycles. The minimum atomic E-state index is -0.477. The van der Waals surface area contributed by atoms with Crippen LogP contribution in [0, 0.1) is 0 Å². The maximum atomic E-state index is 11.2. The summed E-state index contributed by atoms with van der Waals surface area (Å²) in [6, 6.07) is 0. The smallest absolute Gasteiger partial charge is 0.333 e. The molecule has 0 aromatic carbocycles. The predicted molar refractivity (Wildman–Crippen MR) is 133 cm³/mol. The standard InChI is InChI=1S/C25H48O11/c1-21(2)25(27)34-17-16-32-13-12-30-9-8-28-6-7-29-10-11-31-14-15-33-19-23(4)36-20-24(5)35-18-22(3)26/h22-24,26H,1,6-20H2,2-5H3. The van der Waals surface area contributed by atoms with Gasteiger partial charge in [0.25, 0.3) is 0 Å². The summed E-state index contributed by atoms with van der Waals surface area (Å²) >= 11 is 0. The maximum Gasteiger partial charge on any atom is 0.333 e. The third kappa shape index (κ3) is 25.9. The molecule has 36 heavy (non-hydrogen) atoms. The van der Waals surface area contributed by atoms with Crippen LogP contribution in [0.15, 0.2) is 12.2 Å². The van der Waals surface area contributed by atoms with Crippen LogP contribution in [0.1, 0.15) is 27.7 Å². The molecule has 0 aromatic rings. The van der Waals surface area contributed by atoms with Crippen LogP contribution in [0.4, 0.5) is 0 Å². The van der Waals surface area contributed by atoms with Crippen molar-refractivity contribution in [3.05, 3.63) is 12.2 Å². The van der Waals surface area contributed by atoms with Crippen molar-refractivity contribution in [3.8, 4) is 0 Å². The lowest BCUT2D eigenvalue weighted by Crippen LogP contribution is -2.26. The van der Waals surface area contributed by atoms with Crippen molar-refractivity contribution >= 4 is 5.97 Å². The van der Waals surface area contributed by atoms with E-state index in [0.717, 1.165) is 0 Å². The Morgan fingerprint density at radius 3 is 1.39 bits per heavy atom. The van der Waals surface area contributed by atoms with E-state index in [1.54, 1.807) is 13.8 Å². The Balaban J connectivity index is 3.22. The van der Waals surface area contributed by atoms with Gasteiger partial charge in [-0.3, -0.25) is 0 Å². The highest BCUT2D eigenvalue weighted by molar-refractivity contribution is 5.86. The number of carbonyl (C=O) groups is 1. The highest BCUT2D eigenvalue weighted by atomic mass is 16.6. The van der Waals surface area contributed by atoms with Crippen molar-refractivity contribution in [2.24, 2.45) is 0 Å². The molecule has 3 unspecified atom stereocenters. The lowest BCUT2D eigenvalue weighted by molar-refractivity contribution is -0.140. The zero-order valence-corrected chi connectivity index (χ0v) is 22.6. The van der Waals surface area contributed by atoms with E-state index in [9.17, 15) is 9.90 Å². The summed E-state index contributed by atoms with van der Waals surface area (Å²) in [6.07, 6.45) is -0.599. The summed E-state index contributed by atoms with van der Waals surface area (Å²) < 4.78 is 48.5. The fourth-order valence-electron chi connectivity index (χ4n) is 2.36. The number of hydrogen-bond donors (Lipinski definition) is 1. The molecule has 0 bridgehead atoms. The molecule has 0 fully saturated rings. The minimum absolute atomic E-state index is 0.0466. The summed E-state index contributed by atoms with van der Waals surface area (Å²) in [6.45, 7) is 17.1. The summed E-state index contributed by atoms with van der Waals surface area (Å²) in [5, 5.41) is 9.20. The number of aliphatic hydroxyl groups excluding tert-OH is 1. The molecule has 1 N–H and O–H groups in total. The van der Waals surface area contributed by atoms with E-state index in [4.69, 9.17) is 42.6 Å². The van der Waals surface area contributed by atoms with Gasteiger partial charge in [-0.1, -0.05) is 6.58 Å².